The molecule has 2 heteroatoms. The molecule has 1 N–H and O–H groups in total. The summed E-state index contributed by atoms with van der Waals surface area (Å²) in [5.74, 6) is -0.0399. The summed E-state index contributed by atoms with van der Waals surface area (Å²) >= 11 is 0. The van der Waals surface area contributed by atoms with Crippen LogP contribution in [0.25, 0.3) is 0 Å². The maximum atomic E-state index is 12.2. The summed E-state index contributed by atoms with van der Waals surface area (Å²) in [7, 11) is 0. The van der Waals surface area contributed by atoms with Gasteiger partial charge in [0.1, 0.15) is 0 Å². The number of carbonyl (C=O) groups excluding carboxylic acids is 1. The lowest BCUT2D eigenvalue weighted by atomic mass is 10.0. The van der Waals surface area contributed by atoms with Gasteiger partial charge in [0.25, 0.3) is 0 Å². The quantitative estimate of drug-likeness (QED) is 0.778. The predicted molar refractivity (Wildman–Crippen MR) is 88.1 cm³/mol. The lowest BCUT2D eigenvalue weighted by molar-refractivity contribution is -0.118. The third-order valence-corrected chi connectivity index (χ3v) is 3.38. The lowest BCUT2D eigenvalue weighted by Crippen LogP contribution is -2.20. The topological polar surface area (TPSA) is 29.1 Å². The van der Waals surface area contributed by atoms with Gasteiger partial charge >= 0.3 is 0 Å². The molecular weight excluding hydrogens is 258 g/mol. The first-order valence-electron chi connectivity index (χ1n) is 7.36. The second-order valence-electron chi connectivity index (χ2n) is 4.99. The fourth-order valence-corrected chi connectivity index (χ4v) is 2.15. The number of rotatable bonds is 6. The summed E-state index contributed by atoms with van der Waals surface area (Å²) < 4.78 is 0. The number of allylic oxidation sites excluding steroid dienone is 1. The minimum Gasteiger partial charge on any atom is -0.326 e. The van der Waals surface area contributed by atoms with E-state index in [-0.39, 0.29) is 11.8 Å². The van der Waals surface area contributed by atoms with Gasteiger partial charge in [-0.2, -0.15) is 0 Å². The fraction of sp³-hybridized carbons (Fsp3) is 0.211. The van der Waals surface area contributed by atoms with E-state index < -0.39 is 0 Å². The van der Waals surface area contributed by atoms with Crippen LogP contribution in [-0.2, 0) is 11.2 Å². The minimum atomic E-state index is -0.0890. The number of para-hydroxylation sites is 1. The van der Waals surface area contributed by atoms with Crippen LogP contribution < -0.4 is 5.32 Å². The monoisotopic (exact) mass is 279 g/mol. The molecule has 0 aromatic heterocycles. The van der Waals surface area contributed by atoms with Crippen molar-refractivity contribution in [3.8, 4) is 0 Å². The van der Waals surface area contributed by atoms with Gasteiger partial charge < -0.3 is 5.32 Å². The molecule has 108 valence electrons. The molecule has 0 aliphatic rings. The van der Waals surface area contributed by atoms with Crippen molar-refractivity contribution in [3.05, 3.63) is 78.4 Å². The molecule has 0 bridgehead atoms. The van der Waals surface area contributed by atoms with Crippen molar-refractivity contribution in [1.82, 2.24) is 0 Å². The molecule has 21 heavy (non-hydrogen) atoms. The van der Waals surface area contributed by atoms with Crippen LogP contribution in [0.5, 0.6) is 0 Å². The highest BCUT2D eigenvalue weighted by Gasteiger charge is 2.12. The number of benzene rings is 2. The number of hydrogen-bond acceptors (Lipinski definition) is 1. The van der Waals surface area contributed by atoms with Gasteiger partial charge in [0, 0.05) is 5.69 Å². The van der Waals surface area contributed by atoms with Crippen LogP contribution >= 0.6 is 0 Å². The molecule has 0 heterocycles. The molecule has 0 fully saturated rings. The number of carbonyl (C=O) groups is 1. The van der Waals surface area contributed by atoms with Crippen LogP contribution in [-0.4, -0.2) is 5.91 Å². The van der Waals surface area contributed by atoms with Gasteiger partial charge in [-0.05, 0) is 30.5 Å². The normalized spacial score (nSPS) is 12.2. The Bertz CT molecular complexity index is 575. The molecule has 2 aromatic rings. The summed E-state index contributed by atoms with van der Waals surface area (Å²) in [4.78, 5) is 12.2. The molecule has 0 unspecified atom stereocenters. The highest BCUT2D eigenvalue weighted by Crippen LogP contribution is 2.12. The average molecular weight is 279 g/mol. The highest BCUT2D eigenvalue weighted by atomic mass is 16.1. The minimum absolute atomic E-state index is 0.0491. The molecule has 0 radical (unpaired) electrons. The first-order chi connectivity index (χ1) is 10.3. The van der Waals surface area contributed by atoms with Gasteiger partial charge in [-0.15, -0.1) is 0 Å². The largest absolute Gasteiger partial charge is 0.326 e. The standard InChI is InChI=1S/C19H21NO/c1-2-17(13-9-12-16-10-5-3-6-11-16)19(21)20-18-14-7-4-8-15-18/h3-11,13-15,17H,2,12H2,1H3,(H,20,21)/b13-9+/t17-/m1/s1. The van der Waals surface area contributed by atoms with E-state index in [0.29, 0.717) is 0 Å². The summed E-state index contributed by atoms with van der Waals surface area (Å²) in [5.41, 5.74) is 2.10. The Hall–Kier alpha value is -2.35. The van der Waals surface area contributed by atoms with Gasteiger partial charge in [-0.25, -0.2) is 0 Å². The summed E-state index contributed by atoms with van der Waals surface area (Å²) in [6.07, 6.45) is 5.74. The van der Waals surface area contributed by atoms with Crippen LogP contribution in [0.2, 0.25) is 0 Å². The number of nitrogens with one attached hydrogen (secondary N) is 1. The Kier molecular flexibility index (Phi) is 5.77. The molecule has 1 atom stereocenters. The smallest absolute Gasteiger partial charge is 0.231 e. The summed E-state index contributed by atoms with van der Waals surface area (Å²) in [6, 6.07) is 19.8. The Morgan fingerprint density at radius 3 is 2.29 bits per heavy atom. The molecule has 0 spiro atoms. The van der Waals surface area contributed by atoms with Gasteiger partial charge in [-0.1, -0.05) is 67.6 Å². The van der Waals surface area contributed by atoms with Gasteiger partial charge in [-0.3, -0.25) is 4.79 Å². The summed E-state index contributed by atoms with van der Waals surface area (Å²) in [5, 5.41) is 2.95. The van der Waals surface area contributed by atoms with Crippen LogP contribution in [0.3, 0.4) is 0 Å². The van der Waals surface area contributed by atoms with E-state index in [9.17, 15) is 4.79 Å². The average Bonchev–Trinajstić information content (AvgIpc) is 2.53. The first-order valence-corrected chi connectivity index (χ1v) is 7.36. The number of anilines is 1. The van der Waals surface area contributed by atoms with Crippen LogP contribution in [0.4, 0.5) is 5.69 Å². The Labute approximate surface area is 126 Å². The number of amides is 1. The van der Waals surface area contributed by atoms with E-state index in [0.717, 1.165) is 18.5 Å². The molecule has 2 nitrogen and oxygen atoms in total. The fourth-order valence-electron chi connectivity index (χ4n) is 2.15. The summed E-state index contributed by atoms with van der Waals surface area (Å²) in [6.45, 7) is 2.03. The van der Waals surface area contributed by atoms with Crippen LogP contribution in [0.1, 0.15) is 18.9 Å². The second kappa shape index (κ2) is 8.05. The van der Waals surface area contributed by atoms with Crippen molar-refractivity contribution in [2.75, 3.05) is 5.32 Å². The molecular formula is C19H21NO. The predicted octanol–water partition coefficient (Wildman–Crippen LogP) is 4.45. The van der Waals surface area contributed by atoms with Crippen molar-refractivity contribution in [2.24, 2.45) is 5.92 Å². The van der Waals surface area contributed by atoms with Gasteiger partial charge in [0.05, 0.1) is 5.92 Å². The first kappa shape index (κ1) is 15.0. The second-order valence-corrected chi connectivity index (χ2v) is 4.99. The molecule has 0 saturated carbocycles. The number of hydrogen-bond donors (Lipinski definition) is 1. The third kappa shape index (κ3) is 4.92. The molecule has 2 aromatic carbocycles. The Morgan fingerprint density at radius 2 is 1.67 bits per heavy atom. The van der Waals surface area contributed by atoms with Crippen LogP contribution in [0.15, 0.2) is 72.8 Å². The SMILES string of the molecule is CC[C@H](/C=C/Cc1ccccc1)C(=O)Nc1ccccc1. The molecule has 0 aliphatic carbocycles. The molecule has 0 aliphatic heterocycles. The van der Waals surface area contributed by atoms with E-state index in [1.165, 1.54) is 5.56 Å². The van der Waals surface area contributed by atoms with Crippen molar-refractivity contribution in [1.29, 1.82) is 0 Å². The maximum Gasteiger partial charge on any atom is 0.231 e. The van der Waals surface area contributed by atoms with E-state index in [1.54, 1.807) is 0 Å². The lowest BCUT2D eigenvalue weighted by Gasteiger charge is -2.11. The zero-order chi connectivity index (χ0) is 14.9. The Morgan fingerprint density at radius 1 is 1.05 bits per heavy atom. The van der Waals surface area contributed by atoms with Gasteiger partial charge in [0.15, 0.2) is 0 Å². The Balaban J connectivity index is 1.91. The maximum absolute atomic E-state index is 12.2. The van der Waals surface area contributed by atoms with Crippen LogP contribution in [0, 0.1) is 5.92 Å². The molecule has 1 amide bonds. The van der Waals surface area contributed by atoms with Crippen molar-refractivity contribution in [3.63, 3.8) is 0 Å². The molecule has 2 rings (SSSR count). The third-order valence-electron chi connectivity index (χ3n) is 3.38. The van der Waals surface area contributed by atoms with E-state index >= 15 is 0 Å². The van der Waals surface area contributed by atoms with Crippen molar-refractivity contribution >= 4 is 11.6 Å². The molecule has 0 saturated heterocycles. The highest BCUT2D eigenvalue weighted by molar-refractivity contribution is 5.93. The zero-order valence-electron chi connectivity index (χ0n) is 12.3. The van der Waals surface area contributed by atoms with Crippen molar-refractivity contribution in [2.45, 2.75) is 19.8 Å². The van der Waals surface area contributed by atoms with Crippen molar-refractivity contribution < 1.29 is 4.79 Å². The zero-order valence-corrected chi connectivity index (χ0v) is 12.3. The van der Waals surface area contributed by atoms with E-state index in [1.807, 2.05) is 61.5 Å². The van der Waals surface area contributed by atoms with Gasteiger partial charge in [0.2, 0.25) is 5.91 Å². The van der Waals surface area contributed by atoms with E-state index in [2.05, 4.69) is 23.5 Å². The van der Waals surface area contributed by atoms with E-state index in [4.69, 9.17) is 0 Å².